The Morgan fingerprint density at radius 1 is 0.688 bits per heavy atom. The molecule has 0 spiro atoms. The number of carbonyl (C=O) groups is 2. The van der Waals surface area contributed by atoms with E-state index in [9.17, 15) is 14.7 Å². The van der Waals surface area contributed by atoms with Crippen molar-refractivity contribution >= 4 is 45.4 Å². The average molecular weight is 655 g/mol. The van der Waals surface area contributed by atoms with E-state index < -0.39 is 5.97 Å². The minimum atomic E-state index is -0.953. The third-order valence-corrected chi connectivity index (χ3v) is 10.2. The van der Waals surface area contributed by atoms with Crippen LogP contribution in [0.15, 0.2) is 91.0 Å². The second kappa shape index (κ2) is 12.5. The second-order valence-corrected chi connectivity index (χ2v) is 13.4. The van der Waals surface area contributed by atoms with Crippen LogP contribution in [0.2, 0.25) is 5.02 Å². The zero-order valence-corrected chi connectivity index (χ0v) is 27.3. The number of aromatic carboxylic acids is 1. The maximum absolute atomic E-state index is 13.3. The van der Waals surface area contributed by atoms with Gasteiger partial charge in [-0.25, -0.2) is 14.8 Å². The fraction of sp³-hybridized carbons (Fsp3) is 0.250. The topological polar surface area (TPSA) is 88.3 Å². The Bertz CT molecular complexity index is 2200. The van der Waals surface area contributed by atoms with Crippen LogP contribution in [-0.2, 0) is 0 Å². The lowest BCUT2D eigenvalue weighted by Gasteiger charge is -2.25. The number of carboxylic acid groups (broad SMARTS) is 1. The summed E-state index contributed by atoms with van der Waals surface area (Å²) in [4.78, 5) is 37.1. The highest BCUT2D eigenvalue weighted by Crippen LogP contribution is 2.38. The molecule has 2 fully saturated rings. The zero-order chi connectivity index (χ0) is 32.8. The van der Waals surface area contributed by atoms with Crippen LogP contribution in [0.3, 0.4) is 0 Å². The van der Waals surface area contributed by atoms with Crippen molar-refractivity contribution in [3.8, 4) is 33.8 Å². The minimum absolute atomic E-state index is 0.0618. The lowest BCUT2D eigenvalue weighted by molar-refractivity contribution is 0.0696. The lowest BCUT2D eigenvalue weighted by atomic mass is 9.94. The summed E-state index contributed by atoms with van der Waals surface area (Å²) < 4.78 is 2.33. The number of carbonyl (C=O) groups excluding carboxylic acids is 1. The number of fused-ring (bicyclic) bond motifs is 2. The van der Waals surface area contributed by atoms with Crippen LogP contribution >= 0.6 is 11.6 Å². The number of halogens is 1. The molecule has 2 aromatic heterocycles. The number of hydrogen-bond donors (Lipinski definition) is 1. The van der Waals surface area contributed by atoms with Gasteiger partial charge in [-0.2, -0.15) is 0 Å². The number of hydrogen-bond acceptors (Lipinski definition) is 4. The molecule has 1 aliphatic heterocycles. The van der Waals surface area contributed by atoms with Gasteiger partial charge in [0.15, 0.2) is 0 Å². The van der Waals surface area contributed by atoms with Crippen molar-refractivity contribution in [3.63, 3.8) is 0 Å². The SMILES string of the molecule is O=C(O)c1ccc2c(c1)nc(-c1ccc3nc(-c4ccc(C(=O)N5CCCC5)cc4-c4ccc(Cl)cc4)ccc3c1)n2C1CCCCC1. The highest BCUT2D eigenvalue weighted by molar-refractivity contribution is 6.30. The Balaban J connectivity index is 1.20. The highest BCUT2D eigenvalue weighted by Gasteiger charge is 2.24. The summed E-state index contributed by atoms with van der Waals surface area (Å²) in [5.41, 5.74) is 8.06. The molecule has 4 aromatic carbocycles. The molecule has 8 heteroatoms. The van der Waals surface area contributed by atoms with Crippen LogP contribution in [0.5, 0.6) is 0 Å². The third-order valence-electron chi connectivity index (χ3n) is 9.91. The van der Waals surface area contributed by atoms with Gasteiger partial charge >= 0.3 is 5.97 Å². The number of benzene rings is 4. The minimum Gasteiger partial charge on any atom is -0.478 e. The van der Waals surface area contributed by atoms with Crippen LogP contribution in [0.25, 0.3) is 55.7 Å². The van der Waals surface area contributed by atoms with Gasteiger partial charge < -0.3 is 14.6 Å². The smallest absolute Gasteiger partial charge is 0.335 e. The average Bonchev–Trinajstić information content (AvgIpc) is 3.80. The molecule has 3 heterocycles. The van der Waals surface area contributed by atoms with Crippen molar-refractivity contribution in [1.29, 1.82) is 0 Å². The van der Waals surface area contributed by atoms with E-state index >= 15 is 0 Å². The maximum Gasteiger partial charge on any atom is 0.335 e. The fourth-order valence-electron chi connectivity index (χ4n) is 7.43. The van der Waals surface area contributed by atoms with Crippen molar-refractivity contribution < 1.29 is 14.7 Å². The van der Waals surface area contributed by atoms with Gasteiger partial charge in [0.25, 0.3) is 5.91 Å². The summed E-state index contributed by atoms with van der Waals surface area (Å²) in [6.45, 7) is 1.59. The van der Waals surface area contributed by atoms with E-state index in [1.807, 2.05) is 65.6 Å². The molecule has 8 rings (SSSR count). The molecule has 1 saturated carbocycles. The number of rotatable bonds is 6. The second-order valence-electron chi connectivity index (χ2n) is 13.0. The van der Waals surface area contributed by atoms with E-state index in [0.717, 1.165) is 89.0 Å². The number of carboxylic acids is 1. The van der Waals surface area contributed by atoms with Crippen molar-refractivity contribution in [3.05, 3.63) is 107 Å². The van der Waals surface area contributed by atoms with Crippen molar-refractivity contribution in [1.82, 2.24) is 19.4 Å². The molecule has 1 aliphatic carbocycles. The zero-order valence-electron chi connectivity index (χ0n) is 26.5. The number of nitrogens with zero attached hydrogens (tertiary/aromatic N) is 4. The molecule has 1 amide bonds. The summed E-state index contributed by atoms with van der Waals surface area (Å²) >= 11 is 6.24. The van der Waals surface area contributed by atoms with Gasteiger partial charge in [0, 0.05) is 46.2 Å². The molecule has 0 atom stereocenters. The van der Waals surface area contributed by atoms with Gasteiger partial charge in [-0.05, 0) is 104 Å². The molecule has 6 aromatic rings. The summed E-state index contributed by atoms with van der Waals surface area (Å²) in [5, 5.41) is 11.3. The van der Waals surface area contributed by atoms with Gasteiger partial charge in [-0.15, -0.1) is 0 Å². The predicted octanol–water partition coefficient (Wildman–Crippen LogP) is 9.68. The number of likely N-dealkylation sites (tertiary alicyclic amines) is 1. The molecular formula is C40H35ClN4O3. The van der Waals surface area contributed by atoms with Crippen LogP contribution in [0.1, 0.15) is 71.7 Å². The Hall–Kier alpha value is -5.01. The van der Waals surface area contributed by atoms with E-state index in [-0.39, 0.29) is 11.5 Å². The molecule has 48 heavy (non-hydrogen) atoms. The summed E-state index contributed by atoms with van der Waals surface area (Å²) in [6, 6.07) is 29.5. The van der Waals surface area contributed by atoms with Crippen molar-refractivity contribution in [2.24, 2.45) is 0 Å². The first-order valence-corrected chi connectivity index (χ1v) is 17.2. The molecule has 2 aliphatic rings. The number of amides is 1. The summed E-state index contributed by atoms with van der Waals surface area (Å²) in [7, 11) is 0. The lowest BCUT2D eigenvalue weighted by Crippen LogP contribution is -2.27. The van der Waals surface area contributed by atoms with Crippen molar-refractivity contribution in [2.75, 3.05) is 13.1 Å². The molecule has 0 unspecified atom stereocenters. The number of pyridine rings is 1. The van der Waals surface area contributed by atoms with Gasteiger partial charge in [0.2, 0.25) is 0 Å². The monoisotopic (exact) mass is 654 g/mol. The third kappa shape index (κ3) is 5.62. The molecular weight excluding hydrogens is 620 g/mol. The van der Waals surface area contributed by atoms with E-state index in [1.54, 1.807) is 12.1 Å². The van der Waals surface area contributed by atoms with Gasteiger partial charge in [0.1, 0.15) is 5.82 Å². The maximum atomic E-state index is 13.3. The number of aromatic nitrogens is 3. The van der Waals surface area contributed by atoms with Crippen molar-refractivity contribution in [2.45, 2.75) is 51.0 Å². The van der Waals surface area contributed by atoms with Crippen LogP contribution < -0.4 is 0 Å². The molecule has 1 N–H and O–H groups in total. The van der Waals surface area contributed by atoms with Crippen LogP contribution in [0.4, 0.5) is 0 Å². The predicted molar refractivity (Wildman–Crippen MR) is 191 cm³/mol. The first-order valence-electron chi connectivity index (χ1n) is 16.8. The molecule has 240 valence electrons. The standard InChI is InChI=1S/C40H35ClN4O3/c41-30-14-8-25(9-15-30)33-23-28(39(46)44-20-4-5-21-44)10-16-32(33)35-18-11-26-22-27(12-17-34(26)42-35)38-43-36-24-29(40(47)48)13-19-37(36)45(38)31-6-2-1-3-7-31/h8-19,22-24,31H,1-7,20-21H2,(H,47,48). The fourth-order valence-corrected chi connectivity index (χ4v) is 7.56. The Morgan fingerprint density at radius 3 is 2.21 bits per heavy atom. The van der Waals surface area contributed by atoms with Gasteiger partial charge in [-0.1, -0.05) is 55.1 Å². The number of imidazole rings is 1. The van der Waals surface area contributed by atoms with E-state index in [1.165, 1.54) is 19.3 Å². The van der Waals surface area contributed by atoms with E-state index in [2.05, 4.69) is 22.8 Å². The van der Waals surface area contributed by atoms with Crippen LogP contribution in [0, 0.1) is 0 Å². The highest BCUT2D eigenvalue weighted by atomic mass is 35.5. The Kier molecular flexibility index (Phi) is 7.93. The normalized spacial score (nSPS) is 15.4. The Morgan fingerprint density at radius 2 is 1.44 bits per heavy atom. The largest absolute Gasteiger partial charge is 0.478 e. The summed E-state index contributed by atoms with van der Waals surface area (Å²) in [5.74, 6) is -0.0364. The van der Waals surface area contributed by atoms with E-state index in [4.69, 9.17) is 21.6 Å². The van der Waals surface area contributed by atoms with E-state index in [0.29, 0.717) is 22.1 Å². The van der Waals surface area contributed by atoms with Gasteiger partial charge in [-0.3, -0.25) is 4.79 Å². The Labute approximate surface area is 283 Å². The molecule has 7 nitrogen and oxygen atoms in total. The first-order chi connectivity index (χ1) is 23.4. The molecule has 0 bridgehead atoms. The molecule has 1 saturated heterocycles. The summed E-state index contributed by atoms with van der Waals surface area (Å²) in [6.07, 6.45) is 7.83. The quantitative estimate of drug-likeness (QED) is 0.193. The van der Waals surface area contributed by atoms with Crippen LogP contribution in [-0.4, -0.2) is 49.5 Å². The first kappa shape index (κ1) is 30.3. The molecule has 0 radical (unpaired) electrons. The van der Waals surface area contributed by atoms with Gasteiger partial charge in [0.05, 0.1) is 27.8 Å².